The summed E-state index contributed by atoms with van der Waals surface area (Å²) in [5.74, 6) is -2.89. The Morgan fingerprint density at radius 2 is 1.51 bits per heavy atom. The van der Waals surface area contributed by atoms with E-state index in [-0.39, 0.29) is 36.0 Å². The van der Waals surface area contributed by atoms with Gasteiger partial charge in [0.1, 0.15) is 19.0 Å². The van der Waals surface area contributed by atoms with Crippen LogP contribution < -0.4 is 9.47 Å². The second kappa shape index (κ2) is 11.0. The van der Waals surface area contributed by atoms with Crippen molar-refractivity contribution >= 4 is 0 Å². The van der Waals surface area contributed by atoms with E-state index in [1.165, 1.54) is 18.2 Å². The molecule has 3 aromatic rings. The maximum Gasteiger partial charge on any atom is 0.201 e. The summed E-state index contributed by atoms with van der Waals surface area (Å²) in [6.07, 6.45) is 5.23. The van der Waals surface area contributed by atoms with Gasteiger partial charge in [-0.25, -0.2) is 13.2 Å². The molecule has 1 saturated carbocycles. The van der Waals surface area contributed by atoms with E-state index in [1.54, 1.807) is 36.4 Å². The molecule has 2 nitrogen and oxygen atoms in total. The SMILES string of the molecule is C=CCOc1ccc(-c2ccc(OCc3ccc(C4CCC(C)CC4)c(F)c3F)cc2)c(F)c1F. The van der Waals surface area contributed by atoms with Gasteiger partial charge in [-0.2, -0.15) is 4.39 Å². The standard InChI is InChI=1S/C29H28F4O2/c1-3-16-34-25-15-14-24(28(32)29(25)33)20-8-11-22(12-9-20)35-17-21-10-13-23(27(31)26(21)30)19-6-4-18(2)5-7-19/h3,8-15,18-19H,1,4-7,16-17H2,2H3. The molecule has 1 aliphatic carbocycles. The molecule has 1 fully saturated rings. The van der Waals surface area contributed by atoms with Crippen molar-refractivity contribution in [3.8, 4) is 22.6 Å². The van der Waals surface area contributed by atoms with Crippen molar-refractivity contribution in [1.82, 2.24) is 0 Å². The van der Waals surface area contributed by atoms with Gasteiger partial charge in [-0.3, -0.25) is 0 Å². The van der Waals surface area contributed by atoms with Crippen molar-refractivity contribution in [2.75, 3.05) is 6.61 Å². The third-order valence-corrected chi connectivity index (χ3v) is 6.61. The van der Waals surface area contributed by atoms with Crippen molar-refractivity contribution in [2.45, 2.75) is 45.1 Å². The van der Waals surface area contributed by atoms with E-state index >= 15 is 0 Å². The lowest BCUT2D eigenvalue weighted by atomic mass is 9.79. The zero-order valence-corrected chi connectivity index (χ0v) is 19.6. The number of ether oxygens (including phenoxy) is 2. The minimum Gasteiger partial charge on any atom is -0.489 e. The summed E-state index contributed by atoms with van der Waals surface area (Å²) in [5, 5.41) is 0. The van der Waals surface area contributed by atoms with Crippen LogP contribution in [0.2, 0.25) is 0 Å². The average molecular weight is 485 g/mol. The van der Waals surface area contributed by atoms with Crippen molar-refractivity contribution in [3.63, 3.8) is 0 Å². The van der Waals surface area contributed by atoms with Gasteiger partial charge in [0.2, 0.25) is 5.82 Å². The zero-order chi connectivity index (χ0) is 24.9. The number of hydrogen-bond acceptors (Lipinski definition) is 2. The van der Waals surface area contributed by atoms with Crippen molar-refractivity contribution < 1.29 is 27.0 Å². The topological polar surface area (TPSA) is 18.5 Å². The van der Waals surface area contributed by atoms with E-state index < -0.39 is 23.3 Å². The van der Waals surface area contributed by atoms with Gasteiger partial charge in [0.25, 0.3) is 0 Å². The van der Waals surface area contributed by atoms with Crippen LogP contribution in [0.4, 0.5) is 17.6 Å². The Morgan fingerprint density at radius 1 is 0.800 bits per heavy atom. The van der Waals surface area contributed by atoms with Gasteiger partial charge in [0.05, 0.1) is 0 Å². The maximum absolute atomic E-state index is 14.8. The molecule has 0 heterocycles. The van der Waals surface area contributed by atoms with Crippen LogP contribution in [0.15, 0.2) is 61.2 Å². The molecular weight excluding hydrogens is 456 g/mol. The van der Waals surface area contributed by atoms with Crippen LogP contribution in [-0.2, 0) is 6.61 Å². The Bertz CT molecular complexity index is 1180. The number of benzene rings is 3. The molecule has 35 heavy (non-hydrogen) atoms. The van der Waals surface area contributed by atoms with E-state index in [1.807, 2.05) is 0 Å². The van der Waals surface area contributed by atoms with Crippen molar-refractivity contribution in [3.05, 3.63) is 95.6 Å². The molecule has 4 rings (SSSR count). The van der Waals surface area contributed by atoms with Crippen LogP contribution in [0.3, 0.4) is 0 Å². The third-order valence-electron chi connectivity index (χ3n) is 6.61. The molecule has 0 atom stereocenters. The molecule has 1 aliphatic rings. The first-order valence-corrected chi connectivity index (χ1v) is 11.8. The van der Waals surface area contributed by atoms with Gasteiger partial charge in [-0.15, -0.1) is 0 Å². The molecule has 0 amide bonds. The molecule has 6 heteroatoms. The van der Waals surface area contributed by atoms with Crippen LogP contribution in [0, 0.1) is 29.2 Å². The van der Waals surface area contributed by atoms with Gasteiger partial charge in [0.15, 0.2) is 23.2 Å². The van der Waals surface area contributed by atoms with Gasteiger partial charge < -0.3 is 9.47 Å². The predicted molar refractivity (Wildman–Crippen MR) is 129 cm³/mol. The monoisotopic (exact) mass is 484 g/mol. The Balaban J connectivity index is 1.43. The van der Waals surface area contributed by atoms with E-state index in [9.17, 15) is 17.6 Å². The highest BCUT2D eigenvalue weighted by Crippen LogP contribution is 2.37. The van der Waals surface area contributed by atoms with Crippen LogP contribution in [0.25, 0.3) is 11.1 Å². The summed E-state index contributed by atoms with van der Waals surface area (Å²) in [6, 6.07) is 12.3. The van der Waals surface area contributed by atoms with Gasteiger partial charge in [0, 0.05) is 11.1 Å². The van der Waals surface area contributed by atoms with Gasteiger partial charge >= 0.3 is 0 Å². The predicted octanol–water partition coefficient (Wildman–Crippen LogP) is 8.35. The maximum atomic E-state index is 14.8. The average Bonchev–Trinajstić information content (AvgIpc) is 2.87. The molecule has 0 radical (unpaired) electrons. The summed E-state index contributed by atoms with van der Waals surface area (Å²) >= 11 is 0. The van der Waals surface area contributed by atoms with Gasteiger partial charge in [-0.1, -0.05) is 56.7 Å². The fraction of sp³-hybridized carbons (Fsp3) is 0.310. The molecular formula is C29H28F4O2. The quantitative estimate of drug-likeness (QED) is 0.236. The molecule has 184 valence electrons. The van der Waals surface area contributed by atoms with E-state index in [4.69, 9.17) is 9.47 Å². The molecule has 0 saturated heterocycles. The van der Waals surface area contributed by atoms with E-state index in [0.29, 0.717) is 22.8 Å². The lowest BCUT2D eigenvalue weighted by molar-refractivity contribution is 0.295. The summed E-state index contributed by atoms with van der Waals surface area (Å²) in [5.41, 5.74) is 1.08. The van der Waals surface area contributed by atoms with E-state index in [2.05, 4.69) is 13.5 Å². The smallest absolute Gasteiger partial charge is 0.201 e. The highest BCUT2D eigenvalue weighted by Gasteiger charge is 2.25. The van der Waals surface area contributed by atoms with Crippen LogP contribution >= 0.6 is 0 Å². The zero-order valence-electron chi connectivity index (χ0n) is 19.6. The largest absolute Gasteiger partial charge is 0.489 e. The fourth-order valence-corrected chi connectivity index (χ4v) is 4.51. The second-order valence-electron chi connectivity index (χ2n) is 9.05. The lowest BCUT2D eigenvalue weighted by Crippen LogP contribution is -2.13. The Labute approximate surface area is 203 Å². The van der Waals surface area contributed by atoms with Crippen molar-refractivity contribution in [1.29, 1.82) is 0 Å². The normalized spacial score (nSPS) is 17.7. The summed E-state index contributed by atoms with van der Waals surface area (Å²) in [7, 11) is 0. The van der Waals surface area contributed by atoms with Gasteiger partial charge in [-0.05, 0) is 60.1 Å². The number of halogens is 4. The number of hydrogen-bond donors (Lipinski definition) is 0. The third kappa shape index (κ3) is 5.53. The molecule has 0 spiro atoms. The number of rotatable bonds is 8. The van der Waals surface area contributed by atoms with Crippen LogP contribution in [-0.4, -0.2) is 6.61 Å². The minimum absolute atomic E-state index is 0.0519. The second-order valence-corrected chi connectivity index (χ2v) is 9.05. The lowest BCUT2D eigenvalue weighted by Gasteiger charge is -2.27. The highest BCUT2D eigenvalue weighted by atomic mass is 19.2. The first-order valence-electron chi connectivity index (χ1n) is 11.8. The minimum atomic E-state index is -1.08. The Kier molecular flexibility index (Phi) is 7.79. The van der Waals surface area contributed by atoms with Crippen LogP contribution in [0.1, 0.15) is 49.7 Å². The highest BCUT2D eigenvalue weighted by molar-refractivity contribution is 5.66. The molecule has 0 unspecified atom stereocenters. The molecule has 0 aromatic heterocycles. The molecule has 3 aromatic carbocycles. The summed E-state index contributed by atoms with van der Waals surface area (Å²) in [4.78, 5) is 0. The molecule has 0 bridgehead atoms. The first-order chi connectivity index (χ1) is 16.9. The van der Waals surface area contributed by atoms with E-state index in [0.717, 1.165) is 25.7 Å². The summed E-state index contributed by atoms with van der Waals surface area (Å²) < 4.78 is 69.0. The Morgan fingerprint density at radius 3 is 2.20 bits per heavy atom. The van der Waals surface area contributed by atoms with Crippen molar-refractivity contribution in [2.24, 2.45) is 5.92 Å². The Hall–Kier alpha value is -3.28. The molecule has 0 N–H and O–H groups in total. The fourth-order valence-electron chi connectivity index (χ4n) is 4.51. The van der Waals surface area contributed by atoms with Crippen LogP contribution in [0.5, 0.6) is 11.5 Å². The first kappa shape index (κ1) is 24.8. The molecule has 0 aliphatic heterocycles. The summed E-state index contributed by atoms with van der Waals surface area (Å²) in [6.45, 7) is 5.58.